The van der Waals surface area contributed by atoms with Crippen molar-refractivity contribution >= 4 is 22.7 Å². The molecule has 2 aromatic rings. The summed E-state index contributed by atoms with van der Waals surface area (Å²) in [5, 5.41) is 1.41. The maximum absolute atomic E-state index is 12.9. The van der Waals surface area contributed by atoms with Crippen LogP contribution in [0.1, 0.15) is 79.1 Å². The summed E-state index contributed by atoms with van der Waals surface area (Å²) in [5.74, 6) is 0.409. The van der Waals surface area contributed by atoms with Crippen molar-refractivity contribution in [3.8, 4) is 17.2 Å². The van der Waals surface area contributed by atoms with Crippen molar-refractivity contribution < 1.29 is 23.8 Å². The minimum atomic E-state index is -0.250. The summed E-state index contributed by atoms with van der Waals surface area (Å²) < 4.78 is 17.3. The molecule has 0 aromatic heterocycles. The second-order valence-electron chi connectivity index (χ2n) is 8.29. The molecule has 0 saturated carbocycles. The third kappa shape index (κ3) is 6.47. The molecule has 0 aliphatic rings. The fourth-order valence-electron chi connectivity index (χ4n) is 3.89. The molecular weight excluding hydrogens is 404 g/mol. The van der Waals surface area contributed by atoms with Crippen LogP contribution in [0.4, 0.5) is 0 Å². The number of carbonyl (C=O) groups is 2. The van der Waals surface area contributed by atoms with Gasteiger partial charge in [0.15, 0.2) is 11.5 Å². The van der Waals surface area contributed by atoms with Crippen molar-refractivity contribution in [1.29, 1.82) is 0 Å². The highest BCUT2D eigenvalue weighted by Crippen LogP contribution is 2.42. The third-order valence-electron chi connectivity index (χ3n) is 6.02. The van der Waals surface area contributed by atoms with Crippen LogP contribution in [0.25, 0.3) is 10.8 Å². The number of methoxy groups -OCH3 is 1. The molecule has 0 aliphatic carbocycles. The number of hydrogen-bond donors (Lipinski definition) is 0. The molecule has 2 aromatic carbocycles. The Balaban J connectivity index is 2.40. The van der Waals surface area contributed by atoms with Crippen molar-refractivity contribution in [2.75, 3.05) is 7.11 Å². The third-order valence-corrected chi connectivity index (χ3v) is 6.02. The first-order valence-corrected chi connectivity index (χ1v) is 12.0. The van der Waals surface area contributed by atoms with E-state index in [0.29, 0.717) is 22.6 Å². The molecule has 0 saturated heterocycles. The van der Waals surface area contributed by atoms with Gasteiger partial charge in [0, 0.05) is 16.8 Å². The number of hydrogen-bond acceptors (Lipinski definition) is 5. The van der Waals surface area contributed by atoms with E-state index in [1.165, 1.54) is 7.11 Å². The van der Waals surface area contributed by atoms with Crippen LogP contribution in [0, 0.1) is 11.8 Å². The molecule has 0 N–H and O–H groups in total. The van der Waals surface area contributed by atoms with E-state index in [2.05, 4.69) is 13.8 Å². The Morgan fingerprint density at radius 2 is 1.31 bits per heavy atom. The van der Waals surface area contributed by atoms with Gasteiger partial charge in [-0.05, 0) is 25.7 Å². The van der Waals surface area contributed by atoms with Crippen LogP contribution in [-0.2, 0) is 9.59 Å². The van der Waals surface area contributed by atoms with Gasteiger partial charge >= 0.3 is 11.9 Å². The molecule has 0 radical (unpaired) electrons. The maximum atomic E-state index is 12.9. The summed E-state index contributed by atoms with van der Waals surface area (Å²) in [4.78, 5) is 25.7. The first kappa shape index (κ1) is 25.7. The maximum Gasteiger partial charge on any atom is 0.314 e. The quantitative estimate of drug-likeness (QED) is 0.245. The highest BCUT2D eigenvalue weighted by molar-refractivity contribution is 5.98. The number of unbranched alkanes of at least 4 members (excludes halogenated alkanes) is 2. The molecule has 0 spiro atoms. The summed E-state index contributed by atoms with van der Waals surface area (Å²) in [6.45, 7) is 8.23. The summed E-state index contributed by atoms with van der Waals surface area (Å²) in [7, 11) is 1.53. The standard InChI is InChI=1S/C27H38O5/c1-6-10-14-19(8-3)26(28)31-23-18-24(30-5)25(22-17-13-12-16-21(22)23)32-27(29)20(9-4)15-11-7-2/h12-13,16-20H,6-11,14-15H2,1-5H3. The Labute approximate surface area is 192 Å². The lowest BCUT2D eigenvalue weighted by molar-refractivity contribution is -0.140. The van der Waals surface area contributed by atoms with Crippen molar-refractivity contribution in [1.82, 2.24) is 0 Å². The van der Waals surface area contributed by atoms with Crippen molar-refractivity contribution in [2.45, 2.75) is 79.1 Å². The highest BCUT2D eigenvalue weighted by atomic mass is 16.6. The molecule has 32 heavy (non-hydrogen) atoms. The predicted octanol–water partition coefficient (Wildman–Crippen LogP) is 7.09. The average Bonchev–Trinajstić information content (AvgIpc) is 2.81. The second-order valence-corrected chi connectivity index (χ2v) is 8.29. The zero-order chi connectivity index (χ0) is 23.5. The van der Waals surface area contributed by atoms with E-state index in [4.69, 9.17) is 14.2 Å². The Morgan fingerprint density at radius 3 is 1.81 bits per heavy atom. The lowest BCUT2D eigenvalue weighted by atomic mass is 9.99. The Hall–Kier alpha value is -2.56. The van der Waals surface area contributed by atoms with E-state index in [0.717, 1.165) is 56.8 Å². The van der Waals surface area contributed by atoms with E-state index in [9.17, 15) is 9.59 Å². The predicted molar refractivity (Wildman–Crippen MR) is 128 cm³/mol. The fraction of sp³-hybridized carbons (Fsp3) is 0.556. The minimum absolute atomic E-state index is 0.138. The van der Waals surface area contributed by atoms with E-state index in [1.54, 1.807) is 6.07 Å². The van der Waals surface area contributed by atoms with Gasteiger partial charge in [0.25, 0.3) is 0 Å². The van der Waals surface area contributed by atoms with Crippen molar-refractivity contribution in [3.05, 3.63) is 30.3 Å². The molecule has 0 heterocycles. The number of rotatable bonds is 13. The van der Waals surface area contributed by atoms with E-state index in [-0.39, 0.29) is 23.8 Å². The normalized spacial score (nSPS) is 12.9. The zero-order valence-electron chi connectivity index (χ0n) is 20.2. The lowest BCUT2D eigenvalue weighted by Crippen LogP contribution is -2.21. The monoisotopic (exact) mass is 442 g/mol. The van der Waals surface area contributed by atoms with Gasteiger partial charge in [-0.1, -0.05) is 77.6 Å². The highest BCUT2D eigenvalue weighted by Gasteiger charge is 2.25. The number of fused-ring (bicyclic) bond motifs is 1. The van der Waals surface area contributed by atoms with Gasteiger partial charge in [0.2, 0.25) is 0 Å². The molecular formula is C27H38O5. The molecule has 0 fully saturated rings. The SMILES string of the molecule is CCCCC(CC)C(=O)Oc1cc(OC)c(OC(=O)C(CC)CCCC)c2ccccc12. The van der Waals surface area contributed by atoms with Crippen LogP contribution >= 0.6 is 0 Å². The average molecular weight is 443 g/mol. The lowest BCUT2D eigenvalue weighted by Gasteiger charge is -2.19. The Morgan fingerprint density at radius 1 is 0.781 bits per heavy atom. The van der Waals surface area contributed by atoms with Crippen LogP contribution in [0.3, 0.4) is 0 Å². The Bertz CT molecular complexity index is 889. The summed E-state index contributed by atoms with van der Waals surface area (Å²) >= 11 is 0. The first-order valence-electron chi connectivity index (χ1n) is 12.0. The van der Waals surface area contributed by atoms with Crippen molar-refractivity contribution in [2.24, 2.45) is 11.8 Å². The molecule has 2 rings (SSSR count). The van der Waals surface area contributed by atoms with Gasteiger partial charge in [-0.15, -0.1) is 0 Å². The summed E-state index contributed by atoms with van der Waals surface area (Å²) in [5.41, 5.74) is 0. The fourth-order valence-corrected chi connectivity index (χ4v) is 3.89. The molecule has 2 atom stereocenters. The summed E-state index contributed by atoms with van der Waals surface area (Å²) in [6.07, 6.45) is 7.13. The molecule has 2 unspecified atom stereocenters. The molecule has 0 aliphatic heterocycles. The molecule has 5 nitrogen and oxygen atoms in total. The number of esters is 2. The van der Waals surface area contributed by atoms with Crippen LogP contribution in [-0.4, -0.2) is 19.0 Å². The van der Waals surface area contributed by atoms with E-state index < -0.39 is 0 Å². The minimum Gasteiger partial charge on any atom is -0.493 e. The van der Waals surface area contributed by atoms with Crippen molar-refractivity contribution in [3.63, 3.8) is 0 Å². The summed E-state index contributed by atoms with van der Waals surface area (Å²) in [6, 6.07) is 9.13. The van der Waals surface area contributed by atoms with Crippen LogP contribution in [0.5, 0.6) is 17.2 Å². The zero-order valence-corrected chi connectivity index (χ0v) is 20.2. The van der Waals surface area contributed by atoms with Crippen LogP contribution in [0.2, 0.25) is 0 Å². The van der Waals surface area contributed by atoms with Gasteiger partial charge in [0.05, 0.1) is 18.9 Å². The van der Waals surface area contributed by atoms with E-state index in [1.807, 2.05) is 38.1 Å². The number of ether oxygens (including phenoxy) is 3. The largest absolute Gasteiger partial charge is 0.493 e. The first-order chi connectivity index (χ1) is 15.5. The van der Waals surface area contributed by atoms with Crippen LogP contribution in [0.15, 0.2) is 30.3 Å². The molecule has 0 bridgehead atoms. The molecule has 176 valence electrons. The van der Waals surface area contributed by atoms with Crippen LogP contribution < -0.4 is 14.2 Å². The van der Waals surface area contributed by atoms with Gasteiger partial charge in [-0.3, -0.25) is 9.59 Å². The van der Waals surface area contributed by atoms with Gasteiger partial charge in [0.1, 0.15) is 5.75 Å². The van der Waals surface area contributed by atoms with Gasteiger partial charge < -0.3 is 14.2 Å². The second kappa shape index (κ2) is 13.1. The molecule has 0 amide bonds. The number of benzene rings is 2. The van der Waals surface area contributed by atoms with Gasteiger partial charge in [-0.2, -0.15) is 0 Å². The van der Waals surface area contributed by atoms with E-state index >= 15 is 0 Å². The molecule has 5 heteroatoms. The smallest absolute Gasteiger partial charge is 0.314 e. The van der Waals surface area contributed by atoms with Gasteiger partial charge in [-0.25, -0.2) is 0 Å². The topological polar surface area (TPSA) is 61.8 Å². The Kier molecular flexibility index (Phi) is 10.5. The number of carbonyl (C=O) groups excluding carboxylic acids is 2.